The number of carboxylic acids is 1. The highest BCUT2D eigenvalue weighted by molar-refractivity contribution is 6.07. The van der Waals surface area contributed by atoms with Crippen molar-refractivity contribution in [2.45, 2.75) is 18.9 Å². The molecule has 4 rings (SSSR count). The Morgan fingerprint density at radius 3 is 2.85 bits per heavy atom. The number of rotatable bonds is 2. The lowest BCUT2D eigenvalue weighted by Gasteiger charge is -2.32. The molecule has 3 heterocycles. The molecule has 1 saturated heterocycles. The smallest absolute Gasteiger partial charge is 0.341 e. The number of hydrogen-bond donors (Lipinski definition) is 2. The first-order valence-electron chi connectivity index (χ1n) is 8.65. The van der Waals surface area contributed by atoms with Gasteiger partial charge in [-0.05, 0) is 25.0 Å². The van der Waals surface area contributed by atoms with Crippen molar-refractivity contribution in [3.05, 3.63) is 46.1 Å². The molecule has 140 valence electrons. The van der Waals surface area contributed by atoms with Crippen molar-refractivity contribution in [2.24, 2.45) is 7.05 Å². The first-order chi connectivity index (χ1) is 12.9. The van der Waals surface area contributed by atoms with Crippen LogP contribution in [0.1, 0.15) is 23.2 Å². The summed E-state index contributed by atoms with van der Waals surface area (Å²) >= 11 is 0. The summed E-state index contributed by atoms with van der Waals surface area (Å²) in [6.07, 6.45) is 3.54. The molecule has 0 amide bonds. The van der Waals surface area contributed by atoms with Gasteiger partial charge < -0.3 is 19.7 Å². The van der Waals surface area contributed by atoms with E-state index in [1.807, 2.05) is 0 Å². The van der Waals surface area contributed by atoms with Crippen LogP contribution in [0.5, 0.6) is 0 Å². The monoisotopic (exact) mass is 371 g/mol. The number of aromatic nitrogens is 2. The molecule has 27 heavy (non-hydrogen) atoms. The molecule has 0 spiro atoms. The van der Waals surface area contributed by atoms with Crippen LogP contribution in [-0.2, 0) is 7.05 Å². The van der Waals surface area contributed by atoms with Crippen molar-refractivity contribution >= 4 is 33.5 Å². The highest BCUT2D eigenvalue weighted by Gasteiger charge is 2.23. The molecule has 2 N–H and O–H groups in total. The topological polar surface area (TPSA) is 95.7 Å². The van der Waals surface area contributed by atoms with Gasteiger partial charge in [0.1, 0.15) is 11.1 Å². The summed E-state index contributed by atoms with van der Waals surface area (Å²) in [6.45, 7) is 0.957. The van der Waals surface area contributed by atoms with Crippen LogP contribution in [0.15, 0.2) is 29.3 Å². The molecule has 1 aliphatic rings. The standard InChI is InChI=1S/C19H18FN3O4/c1-22-9-12(19(26)27)18(25)15-11-4-5-13(23-6-2-3-10(24)8-23)16(20)17(11)21-7-14(15)22/h4-5,7,9-10,24H,2-3,6,8H2,1H3,(H,26,27). The van der Waals surface area contributed by atoms with E-state index in [1.54, 1.807) is 24.1 Å². The van der Waals surface area contributed by atoms with Crippen molar-refractivity contribution in [1.29, 1.82) is 0 Å². The van der Waals surface area contributed by atoms with Gasteiger partial charge in [0.15, 0.2) is 5.82 Å². The Morgan fingerprint density at radius 1 is 1.37 bits per heavy atom. The molecule has 0 aliphatic carbocycles. The van der Waals surface area contributed by atoms with Crippen LogP contribution in [-0.4, -0.2) is 44.9 Å². The molecule has 1 aliphatic heterocycles. The number of piperidine rings is 1. The number of carboxylic acid groups (broad SMARTS) is 1. The van der Waals surface area contributed by atoms with E-state index < -0.39 is 23.3 Å². The second-order valence-electron chi connectivity index (χ2n) is 6.84. The Morgan fingerprint density at radius 2 is 2.15 bits per heavy atom. The maximum atomic E-state index is 15.2. The number of aliphatic hydroxyl groups is 1. The Labute approximate surface area is 153 Å². The van der Waals surface area contributed by atoms with E-state index in [4.69, 9.17) is 0 Å². The molecular formula is C19H18FN3O4. The molecule has 0 radical (unpaired) electrons. The number of anilines is 1. The van der Waals surface area contributed by atoms with E-state index in [9.17, 15) is 19.8 Å². The summed E-state index contributed by atoms with van der Waals surface area (Å²) in [5.41, 5.74) is -0.276. The summed E-state index contributed by atoms with van der Waals surface area (Å²) in [7, 11) is 1.61. The average Bonchev–Trinajstić information content (AvgIpc) is 2.64. The van der Waals surface area contributed by atoms with Gasteiger partial charge in [-0.3, -0.25) is 9.78 Å². The van der Waals surface area contributed by atoms with E-state index in [0.29, 0.717) is 30.7 Å². The number of benzene rings is 1. The molecular weight excluding hydrogens is 353 g/mol. The lowest BCUT2D eigenvalue weighted by Crippen LogP contribution is -2.38. The predicted octanol–water partition coefficient (Wildman–Crippen LogP) is 1.89. The van der Waals surface area contributed by atoms with Gasteiger partial charge >= 0.3 is 5.97 Å². The lowest BCUT2D eigenvalue weighted by atomic mass is 10.0. The van der Waals surface area contributed by atoms with Crippen LogP contribution in [0.25, 0.3) is 21.8 Å². The molecule has 2 aromatic heterocycles. The van der Waals surface area contributed by atoms with Gasteiger partial charge in [-0.2, -0.15) is 0 Å². The number of aromatic carboxylic acids is 1. The minimum absolute atomic E-state index is 0.0136. The molecule has 1 aromatic carbocycles. The normalized spacial score (nSPS) is 17.6. The number of aryl methyl sites for hydroxylation is 1. The highest BCUT2D eigenvalue weighted by Crippen LogP contribution is 2.31. The Hall–Kier alpha value is -3.00. The van der Waals surface area contributed by atoms with Crippen LogP contribution >= 0.6 is 0 Å². The molecule has 1 fully saturated rings. The van der Waals surface area contributed by atoms with Crippen molar-refractivity contribution in [1.82, 2.24) is 9.55 Å². The van der Waals surface area contributed by atoms with Crippen molar-refractivity contribution in [3.8, 4) is 0 Å². The predicted molar refractivity (Wildman–Crippen MR) is 98.9 cm³/mol. The van der Waals surface area contributed by atoms with Gasteiger partial charge in [0.05, 0.1) is 28.9 Å². The number of fused-ring (bicyclic) bond motifs is 3. The van der Waals surface area contributed by atoms with Gasteiger partial charge in [-0.25, -0.2) is 9.18 Å². The molecule has 7 nitrogen and oxygen atoms in total. The van der Waals surface area contributed by atoms with Crippen LogP contribution in [0, 0.1) is 5.82 Å². The van der Waals surface area contributed by atoms with E-state index in [0.717, 1.165) is 6.42 Å². The Balaban J connectivity index is 1.99. The maximum absolute atomic E-state index is 15.2. The van der Waals surface area contributed by atoms with Crippen LogP contribution in [0.4, 0.5) is 10.1 Å². The van der Waals surface area contributed by atoms with Gasteiger partial charge in [-0.15, -0.1) is 0 Å². The third-order valence-corrected chi connectivity index (χ3v) is 5.08. The zero-order chi connectivity index (χ0) is 19.3. The van der Waals surface area contributed by atoms with Crippen molar-refractivity contribution < 1.29 is 19.4 Å². The molecule has 3 aromatic rings. The number of pyridine rings is 2. The number of halogens is 1. The first-order valence-corrected chi connectivity index (χ1v) is 8.65. The molecule has 0 saturated carbocycles. The van der Waals surface area contributed by atoms with Gasteiger partial charge in [0.2, 0.25) is 5.43 Å². The number of carbonyl (C=O) groups is 1. The Kier molecular flexibility index (Phi) is 4.07. The quantitative estimate of drug-likeness (QED) is 0.668. The Bertz CT molecular complexity index is 1140. The molecule has 1 unspecified atom stereocenters. The summed E-state index contributed by atoms with van der Waals surface area (Å²) in [4.78, 5) is 30.0. The number of aliphatic hydroxyl groups excluding tert-OH is 1. The van der Waals surface area contributed by atoms with Crippen LogP contribution in [0.3, 0.4) is 0 Å². The zero-order valence-corrected chi connectivity index (χ0v) is 14.6. The van der Waals surface area contributed by atoms with Gasteiger partial charge in [0, 0.05) is 31.7 Å². The fourth-order valence-electron chi connectivity index (χ4n) is 3.74. The third kappa shape index (κ3) is 2.73. The summed E-state index contributed by atoms with van der Waals surface area (Å²) in [5.74, 6) is -1.91. The minimum Gasteiger partial charge on any atom is -0.477 e. The van der Waals surface area contributed by atoms with E-state index in [-0.39, 0.29) is 21.9 Å². The van der Waals surface area contributed by atoms with Crippen molar-refractivity contribution in [3.63, 3.8) is 0 Å². The third-order valence-electron chi connectivity index (χ3n) is 5.08. The maximum Gasteiger partial charge on any atom is 0.341 e. The zero-order valence-electron chi connectivity index (χ0n) is 14.6. The summed E-state index contributed by atoms with van der Waals surface area (Å²) in [6, 6.07) is 3.15. The first kappa shape index (κ1) is 17.4. The fourth-order valence-corrected chi connectivity index (χ4v) is 3.74. The SMILES string of the molecule is Cn1cc(C(=O)O)c(=O)c2c3ccc(N4CCCC(O)C4)c(F)c3ncc21. The fraction of sp³-hybridized carbons (Fsp3) is 0.316. The second kappa shape index (κ2) is 6.31. The number of nitrogens with zero attached hydrogens (tertiary/aromatic N) is 3. The summed E-state index contributed by atoms with van der Waals surface area (Å²) < 4.78 is 16.7. The average molecular weight is 371 g/mol. The van der Waals surface area contributed by atoms with E-state index in [2.05, 4.69) is 4.98 Å². The van der Waals surface area contributed by atoms with Gasteiger partial charge in [0.25, 0.3) is 0 Å². The molecule has 8 heteroatoms. The number of hydrogen-bond acceptors (Lipinski definition) is 5. The van der Waals surface area contributed by atoms with Crippen LogP contribution in [0.2, 0.25) is 0 Å². The van der Waals surface area contributed by atoms with Gasteiger partial charge in [-0.1, -0.05) is 0 Å². The van der Waals surface area contributed by atoms with E-state index in [1.165, 1.54) is 17.0 Å². The lowest BCUT2D eigenvalue weighted by molar-refractivity contribution is 0.0695. The summed E-state index contributed by atoms with van der Waals surface area (Å²) in [5, 5.41) is 19.5. The largest absolute Gasteiger partial charge is 0.477 e. The second-order valence-corrected chi connectivity index (χ2v) is 6.84. The van der Waals surface area contributed by atoms with Crippen molar-refractivity contribution in [2.75, 3.05) is 18.0 Å². The molecule has 0 bridgehead atoms. The highest BCUT2D eigenvalue weighted by atomic mass is 19.1. The van der Waals surface area contributed by atoms with Crippen LogP contribution < -0.4 is 10.3 Å². The molecule has 1 atom stereocenters. The number of β-amino-alcohol motifs (C(OH)–C–C–N with tert-alkyl or cyclic N) is 1. The van der Waals surface area contributed by atoms with E-state index >= 15 is 4.39 Å². The minimum atomic E-state index is -1.33.